The molecule has 0 bridgehead atoms. The smallest absolute Gasteiger partial charge is 0.328 e. The Morgan fingerprint density at radius 1 is 1.00 bits per heavy atom. The number of carbonyl (C=O) groups excluding carboxylic acids is 3. The second-order valence-corrected chi connectivity index (χ2v) is 8.08. The molecule has 2 amide bonds. The Morgan fingerprint density at radius 3 is 2.04 bits per heavy atom. The van der Waals surface area contributed by atoms with Crippen molar-refractivity contribution in [3.63, 3.8) is 0 Å². The molecule has 0 aliphatic heterocycles. The highest BCUT2D eigenvalue weighted by Crippen LogP contribution is 2.28. The van der Waals surface area contributed by atoms with E-state index >= 15 is 0 Å². The molecule has 0 unspecified atom stereocenters. The second kappa shape index (κ2) is 10.5. The third-order valence-electron chi connectivity index (χ3n) is 5.60. The van der Waals surface area contributed by atoms with E-state index in [1.165, 1.54) is 7.11 Å². The first-order valence-corrected chi connectivity index (χ1v) is 9.89. The Hall–Kier alpha value is -1.59. The molecular weight excluding hydrogens is 332 g/mol. The van der Waals surface area contributed by atoms with Crippen LogP contribution in [0.3, 0.4) is 0 Å². The average Bonchev–Trinajstić information content (AvgIpc) is 2.62. The van der Waals surface area contributed by atoms with Crippen molar-refractivity contribution in [3.8, 4) is 0 Å². The van der Waals surface area contributed by atoms with Crippen molar-refractivity contribution in [3.05, 3.63) is 0 Å². The zero-order valence-electron chi connectivity index (χ0n) is 17.1. The van der Waals surface area contributed by atoms with Crippen molar-refractivity contribution in [2.75, 3.05) is 7.11 Å². The van der Waals surface area contributed by atoms with E-state index in [-0.39, 0.29) is 29.6 Å². The molecular formula is C20H36N2O4. The summed E-state index contributed by atoms with van der Waals surface area (Å²) in [6.07, 6.45) is 4.61. The van der Waals surface area contributed by atoms with Crippen molar-refractivity contribution in [2.24, 2.45) is 23.7 Å². The lowest BCUT2D eigenvalue weighted by Crippen LogP contribution is -2.56. The van der Waals surface area contributed by atoms with Crippen LogP contribution in [-0.4, -0.2) is 37.0 Å². The number of ether oxygens (including phenoxy) is 1. The summed E-state index contributed by atoms with van der Waals surface area (Å²) in [6.45, 7) is 9.84. The van der Waals surface area contributed by atoms with Crippen LogP contribution < -0.4 is 10.6 Å². The molecule has 0 radical (unpaired) electrons. The van der Waals surface area contributed by atoms with Crippen molar-refractivity contribution in [1.82, 2.24) is 10.6 Å². The van der Waals surface area contributed by atoms with Gasteiger partial charge in [-0.3, -0.25) is 9.59 Å². The van der Waals surface area contributed by atoms with Gasteiger partial charge >= 0.3 is 5.97 Å². The number of esters is 1. The average molecular weight is 369 g/mol. The largest absolute Gasteiger partial charge is 0.467 e. The molecule has 2 N–H and O–H groups in total. The Kier molecular flexibility index (Phi) is 9.09. The SMILES string of the molecule is CC[C@H](C)[C@H](NC(=O)C1CCC(C)CC1)C(=O)N[C@H](C(=O)OC)C(C)C. The predicted molar refractivity (Wildman–Crippen MR) is 101 cm³/mol. The zero-order valence-corrected chi connectivity index (χ0v) is 17.1. The number of carbonyl (C=O) groups is 3. The van der Waals surface area contributed by atoms with Crippen LogP contribution >= 0.6 is 0 Å². The molecule has 0 saturated heterocycles. The van der Waals surface area contributed by atoms with Gasteiger partial charge in [0.05, 0.1) is 7.11 Å². The molecule has 0 aromatic rings. The van der Waals surface area contributed by atoms with Gasteiger partial charge in [0.2, 0.25) is 11.8 Å². The number of methoxy groups -OCH3 is 1. The second-order valence-electron chi connectivity index (χ2n) is 8.08. The first kappa shape index (κ1) is 22.5. The van der Waals surface area contributed by atoms with Crippen LogP contribution in [0.25, 0.3) is 0 Å². The van der Waals surface area contributed by atoms with Crippen molar-refractivity contribution in [2.45, 2.75) is 78.8 Å². The van der Waals surface area contributed by atoms with Crippen molar-refractivity contribution >= 4 is 17.8 Å². The quantitative estimate of drug-likeness (QED) is 0.645. The summed E-state index contributed by atoms with van der Waals surface area (Å²) in [5.41, 5.74) is 0. The summed E-state index contributed by atoms with van der Waals surface area (Å²) in [6, 6.07) is -1.36. The van der Waals surface area contributed by atoms with Crippen molar-refractivity contribution in [1.29, 1.82) is 0 Å². The van der Waals surface area contributed by atoms with E-state index in [9.17, 15) is 14.4 Å². The number of rotatable bonds is 8. The van der Waals surface area contributed by atoms with E-state index in [0.29, 0.717) is 5.92 Å². The fraction of sp³-hybridized carbons (Fsp3) is 0.850. The van der Waals surface area contributed by atoms with Gasteiger partial charge in [0.1, 0.15) is 12.1 Å². The van der Waals surface area contributed by atoms with Gasteiger partial charge in [-0.05, 0) is 43.4 Å². The molecule has 0 aromatic heterocycles. The first-order chi connectivity index (χ1) is 12.2. The van der Waals surface area contributed by atoms with Gasteiger partial charge in [-0.25, -0.2) is 4.79 Å². The molecule has 1 aliphatic carbocycles. The highest BCUT2D eigenvalue weighted by Gasteiger charge is 2.33. The predicted octanol–water partition coefficient (Wildman–Crippen LogP) is 2.66. The van der Waals surface area contributed by atoms with E-state index in [1.807, 2.05) is 27.7 Å². The van der Waals surface area contributed by atoms with Crippen LogP contribution in [0.15, 0.2) is 0 Å². The Labute approximate surface area is 157 Å². The minimum absolute atomic E-state index is 0.0212. The fourth-order valence-corrected chi connectivity index (χ4v) is 3.36. The third-order valence-corrected chi connectivity index (χ3v) is 5.60. The summed E-state index contributed by atoms with van der Waals surface area (Å²) in [5.74, 6) is -0.306. The van der Waals surface area contributed by atoms with Gasteiger partial charge in [0.25, 0.3) is 0 Å². The van der Waals surface area contributed by atoms with Gasteiger partial charge in [-0.2, -0.15) is 0 Å². The fourth-order valence-electron chi connectivity index (χ4n) is 3.36. The number of amides is 2. The van der Waals surface area contributed by atoms with Crippen LogP contribution in [0, 0.1) is 23.7 Å². The van der Waals surface area contributed by atoms with Crippen LogP contribution in [0.5, 0.6) is 0 Å². The first-order valence-electron chi connectivity index (χ1n) is 9.89. The lowest BCUT2D eigenvalue weighted by Gasteiger charge is -2.30. The topological polar surface area (TPSA) is 84.5 Å². The maximum absolute atomic E-state index is 12.8. The Morgan fingerprint density at radius 2 is 1.58 bits per heavy atom. The van der Waals surface area contributed by atoms with Gasteiger partial charge in [0.15, 0.2) is 0 Å². The third kappa shape index (κ3) is 6.29. The van der Waals surface area contributed by atoms with Crippen LogP contribution in [0.4, 0.5) is 0 Å². The molecule has 3 atom stereocenters. The minimum atomic E-state index is -0.716. The van der Waals surface area contributed by atoms with Crippen molar-refractivity contribution < 1.29 is 19.1 Å². The summed E-state index contributed by atoms with van der Waals surface area (Å²) in [7, 11) is 1.31. The molecule has 1 aliphatic rings. The van der Waals surface area contributed by atoms with Crippen LogP contribution in [0.2, 0.25) is 0 Å². The molecule has 1 saturated carbocycles. The lowest BCUT2D eigenvalue weighted by atomic mass is 9.82. The molecule has 150 valence electrons. The monoisotopic (exact) mass is 368 g/mol. The molecule has 6 heteroatoms. The van der Waals surface area contributed by atoms with Gasteiger partial charge < -0.3 is 15.4 Å². The molecule has 0 heterocycles. The lowest BCUT2D eigenvalue weighted by molar-refractivity contribution is -0.147. The van der Waals surface area contributed by atoms with Gasteiger partial charge in [0, 0.05) is 5.92 Å². The van der Waals surface area contributed by atoms with Gasteiger partial charge in [-0.1, -0.05) is 41.0 Å². The minimum Gasteiger partial charge on any atom is -0.467 e. The summed E-state index contributed by atoms with van der Waals surface area (Å²) >= 11 is 0. The number of hydrogen-bond acceptors (Lipinski definition) is 4. The van der Waals surface area contributed by atoms with E-state index < -0.39 is 18.1 Å². The van der Waals surface area contributed by atoms with E-state index in [4.69, 9.17) is 4.74 Å². The van der Waals surface area contributed by atoms with Gasteiger partial charge in [-0.15, -0.1) is 0 Å². The van der Waals surface area contributed by atoms with E-state index in [0.717, 1.165) is 32.1 Å². The number of nitrogens with one attached hydrogen (secondary N) is 2. The van der Waals surface area contributed by atoms with E-state index in [2.05, 4.69) is 17.6 Å². The highest BCUT2D eigenvalue weighted by molar-refractivity contribution is 5.91. The standard InChI is InChI=1S/C20H36N2O4/c1-7-14(5)17(19(24)21-16(12(2)3)20(25)26-6)22-18(23)15-10-8-13(4)9-11-15/h12-17H,7-11H2,1-6H3,(H,21,24)(H,22,23)/t13?,14-,15?,16-,17-/m0/s1. The molecule has 0 spiro atoms. The maximum atomic E-state index is 12.8. The maximum Gasteiger partial charge on any atom is 0.328 e. The van der Waals surface area contributed by atoms with E-state index in [1.54, 1.807) is 0 Å². The molecule has 6 nitrogen and oxygen atoms in total. The Bertz CT molecular complexity index is 484. The normalized spacial score (nSPS) is 23.7. The molecule has 1 rings (SSSR count). The van der Waals surface area contributed by atoms with Crippen LogP contribution in [-0.2, 0) is 19.1 Å². The zero-order chi connectivity index (χ0) is 19.9. The summed E-state index contributed by atoms with van der Waals surface area (Å²) in [5, 5.41) is 5.72. The summed E-state index contributed by atoms with van der Waals surface area (Å²) < 4.78 is 4.79. The molecule has 26 heavy (non-hydrogen) atoms. The molecule has 0 aromatic carbocycles. The molecule has 1 fully saturated rings. The summed E-state index contributed by atoms with van der Waals surface area (Å²) in [4.78, 5) is 37.4. The van der Waals surface area contributed by atoms with Crippen LogP contribution in [0.1, 0.15) is 66.7 Å². The highest BCUT2D eigenvalue weighted by atomic mass is 16.5. The Balaban J connectivity index is 2.80. The number of hydrogen-bond donors (Lipinski definition) is 2.